The van der Waals surface area contributed by atoms with E-state index in [1.165, 1.54) is 0 Å². The molecule has 1 atom stereocenters. The predicted octanol–water partition coefficient (Wildman–Crippen LogP) is 1.93. The van der Waals surface area contributed by atoms with Gasteiger partial charge in [0.1, 0.15) is 0 Å². The molecule has 5 nitrogen and oxygen atoms in total. The van der Waals surface area contributed by atoms with E-state index in [4.69, 9.17) is 0 Å². The minimum absolute atomic E-state index is 0.156. The highest BCUT2D eigenvalue weighted by atomic mass is 16.2. The zero-order chi connectivity index (χ0) is 15.8. The van der Waals surface area contributed by atoms with Crippen LogP contribution in [0.15, 0.2) is 30.5 Å². The van der Waals surface area contributed by atoms with Crippen molar-refractivity contribution in [3.05, 3.63) is 36.0 Å². The van der Waals surface area contributed by atoms with Gasteiger partial charge in [-0.3, -0.25) is 9.59 Å². The van der Waals surface area contributed by atoms with Crippen LogP contribution in [-0.4, -0.2) is 52.3 Å². The van der Waals surface area contributed by atoms with Crippen molar-refractivity contribution < 1.29 is 9.59 Å². The number of amides is 2. The van der Waals surface area contributed by atoms with E-state index in [2.05, 4.69) is 4.98 Å². The van der Waals surface area contributed by atoms with Crippen molar-refractivity contribution in [2.75, 3.05) is 19.6 Å². The Balaban J connectivity index is 1.43. The molecule has 0 unspecified atom stereocenters. The summed E-state index contributed by atoms with van der Waals surface area (Å²) in [5.41, 5.74) is 2.11. The summed E-state index contributed by atoms with van der Waals surface area (Å²) in [7, 11) is 0. The van der Waals surface area contributed by atoms with Crippen LogP contribution in [0.2, 0.25) is 0 Å². The molecule has 2 aliphatic heterocycles. The smallest absolute Gasteiger partial charge is 0.227 e. The van der Waals surface area contributed by atoms with Gasteiger partial charge in [-0.15, -0.1) is 0 Å². The molecule has 1 aromatic heterocycles. The molecule has 0 saturated carbocycles. The second-order valence-corrected chi connectivity index (χ2v) is 6.51. The van der Waals surface area contributed by atoms with Crippen molar-refractivity contribution in [1.29, 1.82) is 0 Å². The van der Waals surface area contributed by atoms with Crippen LogP contribution >= 0.6 is 0 Å². The quantitative estimate of drug-likeness (QED) is 0.942. The normalized spacial score (nSPS) is 21.6. The van der Waals surface area contributed by atoms with Crippen LogP contribution in [-0.2, 0) is 16.0 Å². The Morgan fingerprint density at radius 3 is 2.96 bits per heavy atom. The van der Waals surface area contributed by atoms with Crippen molar-refractivity contribution in [2.45, 2.75) is 31.7 Å². The maximum absolute atomic E-state index is 12.6. The summed E-state index contributed by atoms with van der Waals surface area (Å²) in [5, 5.41) is 1.12. The molecule has 2 amide bonds. The molecule has 0 spiro atoms. The van der Waals surface area contributed by atoms with E-state index in [0.717, 1.165) is 42.4 Å². The van der Waals surface area contributed by atoms with Crippen molar-refractivity contribution >= 4 is 22.7 Å². The second kappa shape index (κ2) is 5.72. The topological polar surface area (TPSA) is 56.4 Å². The Morgan fingerprint density at radius 1 is 1.26 bits per heavy atom. The van der Waals surface area contributed by atoms with E-state index >= 15 is 0 Å². The third kappa shape index (κ3) is 2.60. The average Bonchev–Trinajstić information content (AvgIpc) is 3.27. The standard InChI is InChI=1S/C18H21N3O2/c22-17-6-3-8-21(17)14-7-9-20(12-14)18(23)10-13-11-19-16-5-2-1-4-15(13)16/h1-2,4-5,11,14,19H,3,6-10,12H2/t14-/m1/s1. The number of hydrogen-bond acceptors (Lipinski definition) is 2. The zero-order valence-corrected chi connectivity index (χ0v) is 13.1. The third-order valence-electron chi connectivity index (χ3n) is 5.08. The number of fused-ring (bicyclic) bond motifs is 1. The summed E-state index contributed by atoms with van der Waals surface area (Å²) >= 11 is 0. The van der Waals surface area contributed by atoms with Crippen LogP contribution in [0, 0.1) is 0 Å². The first-order valence-electron chi connectivity index (χ1n) is 8.34. The number of aromatic nitrogens is 1. The molecule has 2 aromatic rings. The molecule has 1 N–H and O–H groups in total. The second-order valence-electron chi connectivity index (χ2n) is 6.51. The number of aromatic amines is 1. The lowest BCUT2D eigenvalue weighted by Gasteiger charge is -2.24. The number of nitrogens with one attached hydrogen (secondary N) is 1. The van der Waals surface area contributed by atoms with E-state index in [1.54, 1.807) is 0 Å². The van der Waals surface area contributed by atoms with Gasteiger partial charge >= 0.3 is 0 Å². The van der Waals surface area contributed by atoms with Crippen molar-refractivity contribution in [3.63, 3.8) is 0 Å². The van der Waals surface area contributed by atoms with Gasteiger partial charge in [0, 0.05) is 43.2 Å². The lowest BCUT2D eigenvalue weighted by molar-refractivity contribution is -0.132. The van der Waals surface area contributed by atoms with Gasteiger partial charge in [-0.2, -0.15) is 0 Å². The molecule has 0 bridgehead atoms. The molecule has 5 heteroatoms. The van der Waals surface area contributed by atoms with Crippen LogP contribution in [0.3, 0.4) is 0 Å². The minimum atomic E-state index is 0.156. The van der Waals surface area contributed by atoms with Gasteiger partial charge in [-0.25, -0.2) is 0 Å². The number of para-hydroxylation sites is 1. The van der Waals surface area contributed by atoms with E-state index in [9.17, 15) is 9.59 Å². The molecule has 0 radical (unpaired) electrons. The summed E-state index contributed by atoms with van der Waals surface area (Å²) in [5.74, 6) is 0.407. The maximum Gasteiger partial charge on any atom is 0.227 e. The maximum atomic E-state index is 12.6. The summed E-state index contributed by atoms with van der Waals surface area (Å²) < 4.78 is 0. The summed E-state index contributed by atoms with van der Waals surface area (Å²) in [4.78, 5) is 31.6. The first kappa shape index (κ1) is 14.3. The summed E-state index contributed by atoms with van der Waals surface area (Å²) in [6.45, 7) is 2.30. The van der Waals surface area contributed by atoms with Gasteiger partial charge in [0.05, 0.1) is 12.5 Å². The van der Waals surface area contributed by atoms with Gasteiger partial charge in [-0.1, -0.05) is 18.2 Å². The van der Waals surface area contributed by atoms with Crippen LogP contribution in [0.1, 0.15) is 24.8 Å². The van der Waals surface area contributed by atoms with Gasteiger partial charge in [-0.05, 0) is 24.5 Å². The van der Waals surface area contributed by atoms with E-state index in [-0.39, 0.29) is 17.9 Å². The Kier molecular flexibility index (Phi) is 3.56. The van der Waals surface area contributed by atoms with Crippen molar-refractivity contribution in [2.24, 2.45) is 0 Å². The van der Waals surface area contributed by atoms with Gasteiger partial charge in [0.2, 0.25) is 11.8 Å². The Morgan fingerprint density at radius 2 is 2.13 bits per heavy atom. The molecule has 2 fully saturated rings. The molecule has 2 aliphatic rings. The fourth-order valence-electron chi connectivity index (χ4n) is 3.83. The minimum Gasteiger partial charge on any atom is -0.361 e. The largest absolute Gasteiger partial charge is 0.361 e. The van der Waals surface area contributed by atoms with Gasteiger partial charge < -0.3 is 14.8 Å². The number of nitrogens with zero attached hydrogens (tertiary/aromatic N) is 2. The molecule has 3 heterocycles. The van der Waals surface area contributed by atoms with Crippen LogP contribution in [0.25, 0.3) is 10.9 Å². The monoisotopic (exact) mass is 311 g/mol. The molecule has 4 rings (SSSR count). The van der Waals surface area contributed by atoms with Gasteiger partial charge in [0.15, 0.2) is 0 Å². The average molecular weight is 311 g/mol. The van der Waals surface area contributed by atoms with E-state index < -0.39 is 0 Å². The molecule has 2 saturated heterocycles. The molecular weight excluding hydrogens is 290 g/mol. The van der Waals surface area contributed by atoms with Crippen LogP contribution < -0.4 is 0 Å². The molecule has 23 heavy (non-hydrogen) atoms. The highest BCUT2D eigenvalue weighted by molar-refractivity contribution is 5.89. The number of benzene rings is 1. The Labute approximate surface area is 135 Å². The predicted molar refractivity (Wildman–Crippen MR) is 87.9 cm³/mol. The number of hydrogen-bond donors (Lipinski definition) is 1. The molecule has 0 aliphatic carbocycles. The zero-order valence-electron chi connectivity index (χ0n) is 13.1. The van der Waals surface area contributed by atoms with Crippen molar-refractivity contribution in [3.8, 4) is 0 Å². The first-order chi connectivity index (χ1) is 11.2. The molecule has 1 aromatic carbocycles. The van der Waals surface area contributed by atoms with Crippen LogP contribution in [0.4, 0.5) is 0 Å². The molecular formula is C18H21N3O2. The van der Waals surface area contributed by atoms with Crippen molar-refractivity contribution in [1.82, 2.24) is 14.8 Å². The fraction of sp³-hybridized carbons (Fsp3) is 0.444. The SMILES string of the molecule is O=C(Cc1c[nH]c2ccccc12)N1CC[C@@H](N2CCCC2=O)C1. The Hall–Kier alpha value is -2.30. The number of rotatable bonds is 3. The first-order valence-corrected chi connectivity index (χ1v) is 8.34. The summed E-state index contributed by atoms with van der Waals surface area (Å²) in [6.07, 6.45) is 4.88. The number of likely N-dealkylation sites (tertiary alicyclic amines) is 2. The number of carbonyl (C=O) groups excluding carboxylic acids is 2. The van der Waals surface area contributed by atoms with E-state index in [1.807, 2.05) is 40.3 Å². The number of carbonyl (C=O) groups is 2. The highest BCUT2D eigenvalue weighted by Crippen LogP contribution is 2.23. The van der Waals surface area contributed by atoms with E-state index in [0.29, 0.717) is 19.4 Å². The highest BCUT2D eigenvalue weighted by Gasteiger charge is 2.34. The lowest BCUT2D eigenvalue weighted by Crippen LogP contribution is -2.39. The molecule has 120 valence electrons. The van der Waals surface area contributed by atoms with Gasteiger partial charge in [0.25, 0.3) is 0 Å². The fourth-order valence-corrected chi connectivity index (χ4v) is 3.83. The summed E-state index contributed by atoms with van der Waals surface area (Å²) in [6, 6.07) is 8.27. The number of H-pyrrole nitrogens is 1. The third-order valence-corrected chi connectivity index (χ3v) is 5.08. The Bertz CT molecular complexity index is 752. The van der Waals surface area contributed by atoms with Crippen LogP contribution in [0.5, 0.6) is 0 Å². The lowest BCUT2D eigenvalue weighted by atomic mass is 10.1.